The first-order valence-electron chi connectivity index (χ1n) is 5.57. The Bertz CT molecular complexity index is 374. The van der Waals surface area contributed by atoms with Crippen LogP contribution in [0.3, 0.4) is 0 Å². The Kier molecular flexibility index (Phi) is 4.91. The Hall–Kier alpha value is -1.61. The van der Waals surface area contributed by atoms with Crippen LogP contribution in [-0.2, 0) is 14.6 Å². The third-order valence-electron chi connectivity index (χ3n) is 1.78. The molecule has 3 heteroatoms. The van der Waals surface area contributed by atoms with Crippen LogP contribution in [0, 0.1) is 0 Å². The molecule has 0 atom stereocenters. The molecule has 0 amide bonds. The minimum atomic E-state index is -0.473. The van der Waals surface area contributed by atoms with Crippen molar-refractivity contribution in [1.29, 1.82) is 0 Å². The highest BCUT2D eigenvalue weighted by Crippen LogP contribution is 2.08. The molecule has 0 N–H and O–H groups in total. The van der Waals surface area contributed by atoms with Crippen LogP contribution < -0.4 is 0 Å². The van der Waals surface area contributed by atoms with Gasteiger partial charge < -0.3 is 0 Å². The lowest BCUT2D eigenvalue weighted by molar-refractivity contribution is -0.319. The van der Waals surface area contributed by atoms with Crippen LogP contribution in [0.1, 0.15) is 32.8 Å². The summed E-state index contributed by atoms with van der Waals surface area (Å²) >= 11 is 0. The molecule has 1 aromatic rings. The fourth-order valence-electron chi connectivity index (χ4n) is 1.06. The van der Waals surface area contributed by atoms with Gasteiger partial charge in [-0.1, -0.05) is 42.5 Å². The van der Waals surface area contributed by atoms with Gasteiger partial charge in [0, 0.05) is 0 Å². The molecular formula is C14H18O3. The average Bonchev–Trinajstić information content (AvgIpc) is 2.27. The molecule has 0 heterocycles. The van der Waals surface area contributed by atoms with Gasteiger partial charge in [-0.3, -0.25) is 4.89 Å². The predicted molar refractivity (Wildman–Crippen MR) is 67.0 cm³/mol. The molecule has 0 aliphatic rings. The van der Waals surface area contributed by atoms with E-state index in [2.05, 4.69) is 4.89 Å². The summed E-state index contributed by atoms with van der Waals surface area (Å²) in [5.41, 5.74) is 0.579. The molecule has 1 aromatic carbocycles. The second kappa shape index (κ2) is 6.21. The largest absolute Gasteiger partial charge is 0.346 e. The van der Waals surface area contributed by atoms with E-state index in [-0.39, 0.29) is 6.42 Å². The summed E-state index contributed by atoms with van der Waals surface area (Å²) in [5.74, 6) is -0.396. The van der Waals surface area contributed by atoms with Gasteiger partial charge in [0.25, 0.3) is 0 Å². The van der Waals surface area contributed by atoms with Crippen molar-refractivity contribution in [3.8, 4) is 0 Å². The van der Waals surface area contributed by atoms with Crippen molar-refractivity contribution in [2.45, 2.75) is 32.8 Å². The van der Waals surface area contributed by atoms with E-state index in [4.69, 9.17) is 4.89 Å². The third-order valence-corrected chi connectivity index (χ3v) is 1.78. The van der Waals surface area contributed by atoms with Gasteiger partial charge in [0.05, 0.1) is 6.42 Å². The Morgan fingerprint density at radius 1 is 1.24 bits per heavy atom. The molecule has 0 radical (unpaired) electrons. The highest BCUT2D eigenvalue weighted by atomic mass is 17.2. The number of hydrogen-bond acceptors (Lipinski definition) is 3. The smallest absolute Gasteiger partial charge is 0.297 e. The zero-order chi connectivity index (χ0) is 12.7. The Morgan fingerprint density at radius 3 is 2.47 bits per heavy atom. The first-order chi connectivity index (χ1) is 7.97. The second-order valence-electron chi connectivity index (χ2n) is 4.67. The summed E-state index contributed by atoms with van der Waals surface area (Å²) in [6.45, 7) is 5.46. The van der Waals surface area contributed by atoms with E-state index in [9.17, 15) is 4.79 Å². The standard InChI is InChI=1S/C14H18O3/c1-14(2,3)17-16-13(15)11-7-10-12-8-5-4-6-9-12/h4-10H,11H2,1-3H3. The van der Waals surface area contributed by atoms with Crippen molar-refractivity contribution < 1.29 is 14.6 Å². The van der Waals surface area contributed by atoms with Crippen molar-refractivity contribution >= 4 is 12.0 Å². The molecule has 17 heavy (non-hydrogen) atoms. The molecule has 0 spiro atoms. The van der Waals surface area contributed by atoms with Crippen LogP contribution in [0.15, 0.2) is 36.4 Å². The number of carbonyl (C=O) groups excluding carboxylic acids is 1. The maximum Gasteiger partial charge on any atom is 0.346 e. The molecule has 0 bridgehead atoms. The lowest BCUT2D eigenvalue weighted by Gasteiger charge is -2.16. The average molecular weight is 234 g/mol. The van der Waals surface area contributed by atoms with Crippen LogP contribution in [-0.4, -0.2) is 11.6 Å². The molecule has 0 aromatic heterocycles. The van der Waals surface area contributed by atoms with E-state index in [1.165, 1.54) is 0 Å². The lowest BCUT2D eigenvalue weighted by Crippen LogP contribution is -2.21. The van der Waals surface area contributed by atoms with Gasteiger partial charge in [-0.15, -0.1) is 0 Å². The molecule has 92 valence electrons. The lowest BCUT2D eigenvalue weighted by atomic mass is 10.2. The van der Waals surface area contributed by atoms with E-state index in [1.54, 1.807) is 6.08 Å². The first kappa shape index (κ1) is 13.5. The van der Waals surface area contributed by atoms with E-state index in [1.807, 2.05) is 57.2 Å². The zero-order valence-corrected chi connectivity index (χ0v) is 10.5. The Labute approximate surface area is 102 Å². The molecule has 0 unspecified atom stereocenters. The van der Waals surface area contributed by atoms with Crippen LogP contribution in [0.5, 0.6) is 0 Å². The molecule has 0 fully saturated rings. The van der Waals surface area contributed by atoms with E-state index >= 15 is 0 Å². The Balaban J connectivity index is 2.31. The van der Waals surface area contributed by atoms with Gasteiger partial charge in [0.15, 0.2) is 0 Å². The Morgan fingerprint density at radius 2 is 1.88 bits per heavy atom. The SMILES string of the molecule is CC(C)(C)OOC(=O)CC=Cc1ccccc1. The van der Waals surface area contributed by atoms with E-state index in [0.29, 0.717) is 0 Å². The van der Waals surface area contributed by atoms with Gasteiger partial charge >= 0.3 is 5.97 Å². The second-order valence-corrected chi connectivity index (χ2v) is 4.67. The minimum absolute atomic E-state index is 0.199. The fourth-order valence-corrected chi connectivity index (χ4v) is 1.06. The summed E-state index contributed by atoms with van der Waals surface area (Å²) in [4.78, 5) is 20.8. The topological polar surface area (TPSA) is 35.5 Å². The van der Waals surface area contributed by atoms with Crippen molar-refractivity contribution in [2.24, 2.45) is 0 Å². The maximum absolute atomic E-state index is 11.3. The number of hydrogen-bond donors (Lipinski definition) is 0. The molecule has 0 saturated carbocycles. The van der Waals surface area contributed by atoms with Crippen molar-refractivity contribution in [3.05, 3.63) is 42.0 Å². The van der Waals surface area contributed by atoms with Crippen molar-refractivity contribution in [2.75, 3.05) is 0 Å². The van der Waals surface area contributed by atoms with Gasteiger partial charge in [-0.05, 0) is 26.3 Å². The van der Waals surface area contributed by atoms with Gasteiger partial charge in [0.2, 0.25) is 0 Å². The minimum Gasteiger partial charge on any atom is -0.297 e. The van der Waals surface area contributed by atoms with Crippen molar-refractivity contribution in [3.63, 3.8) is 0 Å². The summed E-state index contributed by atoms with van der Waals surface area (Å²) in [6, 6.07) is 9.77. The van der Waals surface area contributed by atoms with E-state index < -0.39 is 11.6 Å². The number of rotatable bonds is 4. The molecule has 0 saturated heterocycles. The van der Waals surface area contributed by atoms with Gasteiger partial charge in [-0.25, -0.2) is 4.79 Å². The van der Waals surface area contributed by atoms with E-state index in [0.717, 1.165) is 5.56 Å². The van der Waals surface area contributed by atoms with Crippen LogP contribution in [0.2, 0.25) is 0 Å². The molecular weight excluding hydrogens is 216 g/mol. The summed E-state index contributed by atoms with van der Waals surface area (Å²) in [7, 11) is 0. The normalized spacial score (nSPS) is 11.7. The first-order valence-corrected chi connectivity index (χ1v) is 5.57. The zero-order valence-electron chi connectivity index (χ0n) is 10.5. The maximum atomic E-state index is 11.3. The molecule has 1 rings (SSSR count). The molecule has 0 aliphatic carbocycles. The fraction of sp³-hybridized carbons (Fsp3) is 0.357. The predicted octanol–water partition coefficient (Wildman–Crippen LogP) is 3.36. The highest BCUT2D eigenvalue weighted by Gasteiger charge is 2.14. The molecule has 3 nitrogen and oxygen atoms in total. The monoisotopic (exact) mass is 234 g/mol. The van der Waals surface area contributed by atoms with Crippen LogP contribution in [0.25, 0.3) is 6.08 Å². The third kappa shape index (κ3) is 6.53. The number of benzene rings is 1. The summed E-state index contributed by atoms with van der Waals surface area (Å²) in [6.07, 6.45) is 3.83. The van der Waals surface area contributed by atoms with Crippen LogP contribution in [0.4, 0.5) is 0 Å². The quantitative estimate of drug-likeness (QED) is 0.592. The van der Waals surface area contributed by atoms with Crippen LogP contribution >= 0.6 is 0 Å². The molecule has 0 aliphatic heterocycles. The number of carbonyl (C=O) groups is 1. The van der Waals surface area contributed by atoms with Gasteiger partial charge in [0.1, 0.15) is 5.60 Å². The summed E-state index contributed by atoms with van der Waals surface area (Å²) in [5, 5.41) is 0. The van der Waals surface area contributed by atoms with Gasteiger partial charge in [-0.2, -0.15) is 4.89 Å². The highest BCUT2D eigenvalue weighted by molar-refractivity contribution is 5.72. The van der Waals surface area contributed by atoms with Crippen molar-refractivity contribution in [1.82, 2.24) is 0 Å². The summed E-state index contributed by atoms with van der Waals surface area (Å²) < 4.78 is 0.